The highest BCUT2D eigenvalue weighted by Gasteiger charge is 2.26. The fraction of sp³-hybridized carbons (Fsp3) is 0.353. The number of aliphatic carboxylic acids is 1. The number of hydrogen-bond acceptors (Lipinski definition) is 6. The summed E-state index contributed by atoms with van der Waals surface area (Å²) in [5.41, 5.74) is 7.64. The number of rotatable bonds is 5. The van der Waals surface area contributed by atoms with Gasteiger partial charge in [-0.25, -0.2) is 9.97 Å². The van der Waals surface area contributed by atoms with E-state index in [0.29, 0.717) is 54.8 Å². The molecule has 1 aliphatic rings. The molecule has 2 aromatic rings. The number of piperidine rings is 1. The first-order valence-corrected chi connectivity index (χ1v) is 8.49. The maximum absolute atomic E-state index is 11.1. The number of nitrogens with two attached hydrogens (primary N) is 1. The number of halogens is 1. The van der Waals surface area contributed by atoms with Crippen LogP contribution in [0.2, 0.25) is 5.02 Å². The van der Waals surface area contributed by atoms with Crippen LogP contribution in [0.25, 0.3) is 0 Å². The average molecular weight is 362 g/mol. The Bertz CT molecular complexity index is 762. The Morgan fingerprint density at radius 3 is 2.72 bits per heavy atom. The van der Waals surface area contributed by atoms with E-state index in [2.05, 4.69) is 15.3 Å². The molecule has 2 heterocycles. The molecule has 4 N–H and O–H groups in total. The summed E-state index contributed by atoms with van der Waals surface area (Å²) < 4.78 is 0. The third-order valence-corrected chi connectivity index (χ3v) is 4.78. The lowest BCUT2D eigenvalue weighted by atomic mass is 9.97. The smallest absolute Gasteiger partial charge is 0.306 e. The number of carboxylic acid groups (broad SMARTS) is 1. The van der Waals surface area contributed by atoms with E-state index in [4.69, 9.17) is 22.4 Å². The van der Waals surface area contributed by atoms with Gasteiger partial charge in [-0.2, -0.15) is 0 Å². The number of nitrogens with zero attached hydrogens (tertiary/aromatic N) is 3. The summed E-state index contributed by atoms with van der Waals surface area (Å²) in [5, 5.41) is 13.0. The van der Waals surface area contributed by atoms with Gasteiger partial charge >= 0.3 is 5.97 Å². The van der Waals surface area contributed by atoms with E-state index in [0.717, 1.165) is 5.56 Å². The third-order valence-electron chi connectivity index (χ3n) is 4.41. The van der Waals surface area contributed by atoms with E-state index in [1.165, 1.54) is 6.33 Å². The molecule has 132 valence electrons. The Labute approximate surface area is 150 Å². The standard InChI is InChI=1S/C17H20ClN5O2/c18-13-4-2-1-3-12(13)9-20-15-14(19)16(22-10-21-15)23-7-5-11(6-8-23)17(24)25/h1-4,10-11H,5-9,19H2,(H,24,25)(H,20,21,22). The Morgan fingerprint density at radius 2 is 2.04 bits per heavy atom. The Morgan fingerprint density at radius 1 is 1.32 bits per heavy atom. The van der Waals surface area contributed by atoms with Crippen molar-refractivity contribution in [3.63, 3.8) is 0 Å². The van der Waals surface area contributed by atoms with Crippen molar-refractivity contribution in [3.8, 4) is 0 Å². The second kappa shape index (κ2) is 7.57. The number of hydrogen-bond donors (Lipinski definition) is 3. The molecule has 0 atom stereocenters. The van der Waals surface area contributed by atoms with Crippen LogP contribution in [-0.2, 0) is 11.3 Å². The fourth-order valence-electron chi connectivity index (χ4n) is 2.94. The van der Waals surface area contributed by atoms with Crippen molar-refractivity contribution in [3.05, 3.63) is 41.2 Å². The first-order valence-electron chi connectivity index (χ1n) is 8.11. The molecule has 1 aromatic heterocycles. The maximum atomic E-state index is 11.1. The molecular formula is C17H20ClN5O2. The molecule has 3 rings (SSSR count). The van der Waals surface area contributed by atoms with Crippen LogP contribution in [0.5, 0.6) is 0 Å². The molecule has 0 spiro atoms. The SMILES string of the molecule is Nc1c(NCc2ccccc2Cl)ncnc1N1CCC(C(=O)O)CC1. The molecule has 0 radical (unpaired) electrons. The van der Waals surface area contributed by atoms with Crippen molar-refractivity contribution in [2.24, 2.45) is 5.92 Å². The monoisotopic (exact) mass is 361 g/mol. The van der Waals surface area contributed by atoms with Gasteiger partial charge in [0, 0.05) is 24.7 Å². The average Bonchev–Trinajstić information content (AvgIpc) is 2.62. The zero-order valence-electron chi connectivity index (χ0n) is 13.7. The Hall–Kier alpha value is -2.54. The number of benzene rings is 1. The quantitative estimate of drug-likeness (QED) is 0.751. The van der Waals surface area contributed by atoms with Crippen LogP contribution in [0.1, 0.15) is 18.4 Å². The largest absolute Gasteiger partial charge is 0.481 e. The Balaban J connectivity index is 1.70. The predicted molar refractivity (Wildman–Crippen MR) is 97.8 cm³/mol. The summed E-state index contributed by atoms with van der Waals surface area (Å²) in [5.74, 6) is 0.153. The summed E-state index contributed by atoms with van der Waals surface area (Å²) in [6.45, 7) is 1.73. The number of anilines is 3. The van der Waals surface area contributed by atoms with Gasteiger partial charge in [-0.15, -0.1) is 0 Å². The molecular weight excluding hydrogens is 342 g/mol. The van der Waals surface area contributed by atoms with Gasteiger partial charge in [-0.05, 0) is 24.5 Å². The zero-order chi connectivity index (χ0) is 17.8. The second-order valence-electron chi connectivity index (χ2n) is 6.00. The molecule has 0 unspecified atom stereocenters. The number of nitrogen functional groups attached to an aromatic ring is 1. The van der Waals surface area contributed by atoms with Crippen LogP contribution in [0.15, 0.2) is 30.6 Å². The summed E-state index contributed by atoms with van der Waals surface area (Å²) in [7, 11) is 0. The number of nitrogens with one attached hydrogen (secondary N) is 1. The molecule has 1 fully saturated rings. The minimum absolute atomic E-state index is 0.294. The molecule has 1 saturated heterocycles. The molecule has 8 heteroatoms. The van der Waals surface area contributed by atoms with Gasteiger partial charge in [-0.1, -0.05) is 29.8 Å². The van der Waals surface area contributed by atoms with E-state index in [1.54, 1.807) is 0 Å². The predicted octanol–water partition coefficient (Wildman–Crippen LogP) is 2.63. The van der Waals surface area contributed by atoms with E-state index in [9.17, 15) is 4.79 Å². The van der Waals surface area contributed by atoms with Gasteiger partial charge < -0.3 is 21.1 Å². The molecule has 1 aromatic carbocycles. The minimum Gasteiger partial charge on any atom is -0.481 e. The summed E-state index contributed by atoms with van der Waals surface area (Å²) >= 11 is 6.16. The van der Waals surface area contributed by atoms with Crippen LogP contribution >= 0.6 is 11.6 Å². The highest BCUT2D eigenvalue weighted by Crippen LogP contribution is 2.30. The Kier molecular flexibility index (Phi) is 5.23. The van der Waals surface area contributed by atoms with Crippen LogP contribution in [0, 0.1) is 5.92 Å². The summed E-state index contributed by atoms with van der Waals surface area (Å²) in [6.07, 6.45) is 2.63. The van der Waals surface area contributed by atoms with Crippen LogP contribution < -0.4 is 16.0 Å². The first-order chi connectivity index (χ1) is 12.1. The number of aromatic nitrogens is 2. The van der Waals surface area contributed by atoms with Crippen molar-refractivity contribution >= 4 is 34.9 Å². The maximum Gasteiger partial charge on any atom is 0.306 e. The molecule has 0 bridgehead atoms. The normalized spacial score (nSPS) is 15.2. The van der Waals surface area contributed by atoms with Crippen LogP contribution in [0.4, 0.5) is 17.3 Å². The van der Waals surface area contributed by atoms with E-state index in [-0.39, 0.29) is 5.92 Å². The molecule has 25 heavy (non-hydrogen) atoms. The van der Waals surface area contributed by atoms with Crippen molar-refractivity contribution in [1.82, 2.24) is 9.97 Å². The van der Waals surface area contributed by atoms with Gasteiger partial charge in [0.15, 0.2) is 11.6 Å². The van der Waals surface area contributed by atoms with Crippen molar-refractivity contribution in [2.75, 3.05) is 29.0 Å². The van der Waals surface area contributed by atoms with Crippen molar-refractivity contribution in [1.29, 1.82) is 0 Å². The lowest BCUT2D eigenvalue weighted by Crippen LogP contribution is -2.37. The third kappa shape index (κ3) is 3.93. The lowest BCUT2D eigenvalue weighted by Gasteiger charge is -2.31. The molecule has 1 aliphatic heterocycles. The van der Waals surface area contributed by atoms with Crippen molar-refractivity contribution < 1.29 is 9.90 Å². The lowest BCUT2D eigenvalue weighted by molar-refractivity contribution is -0.142. The topological polar surface area (TPSA) is 104 Å². The highest BCUT2D eigenvalue weighted by atomic mass is 35.5. The van der Waals surface area contributed by atoms with Crippen molar-refractivity contribution in [2.45, 2.75) is 19.4 Å². The van der Waals surface area contributed by atoms with Crippen LogP contribution in [-0.4, -0.2) is 34.1 Å². The molecule has 7 nitrogen and oxygen atoms in total. The number of carboxylic acids is 1. The minimum atomic E-state index is -0.739. The van der Waals surface area contributed by atoms with Gasteiger partial charge in [0.05, 0.1) is 5.92 Å². The summed E-state index contributed by atoms with van der Waals surface area (Å²) in [6, 6.07) is 7.57. The molecule has 0 aliphatic carbocycles. The van der Waals surface area contributed by atoms with Gasteiger partial charge in [-0.3, -0.25) is 4.79 Å². The summed E-state index contributed by atoms with van der Waals surface area (Å²) in [4.78, 5) is 21.6. The van der Waals surface area contributed by atoms with E-state index in [1.807, 2.05) is 29.2 Å². The van der Waals surface area contributed by atoms with E-state index < -0.39 is 5.97 Å². The van der Waals surface area contributed by atoms with Crippen LogP contribution in [0.3, 0.4) is 0 Å². The van der Waals surface area contributed by atoms with Gasteiger partial charge in [0.1, 0.15) is 12.0 Å². The molecule has 0 saturated carbocycles. The first kappa shape index (κ1) is 17.3. The zero-order valence-corrected chi connectivity index (χ0v) is 14.4. The van der Waals surface area contributed by atoms with Gasteiger partial charge in [0.25, 0.3) is 0 Å². The highest BCUT2D eigenvalue weighted by molar-refractivity contribution is 6.31. The number of carbonyl (C=O) groups is 1. The fourth-order valence-corrected chi connectivity index (χ4v) is 3.14. The molecule has 0 amide bonds. The second-order valence-corrected chi connectivity index (χ2v) is 6.41. The van der Waals surface area contributed by atoms with E-state index >= 15 is 0 Å². The van der Waals surface area contributed by atoms with Gasteiger partial charge in [0.2, 0.25) is 0 Å².